The molecule has 0 bridgehead atoms. The molecule has 4 nitrogen and oxygen atoms in total. The van der Waals surface area contributed by atoms with E-state index in [2.05, 4.69) is 10.6 Å². The van der Waals surface area contributed by atoms with Gasteiger partial charge in [0, 0.05) is 16.3 Å². The molecule has 0 fully saturated rings. The maximum Gasteiger partial charge on any atom is 0.171 e. The number of thiocarbonyl (C=S) groups is 1. The van der Waals surface area contributed by atoms with Gasteiger partial charge in [-0.05, 0) is 62.0 Å². The summed E-state index contributed by atoms with van der Waals surface area (Å²) in [5.74, 6) is 1.54. The zero-order chi connectivity index (χ0) is 17.7. The molecule has 1 unspecified atom stereocenters. The minimum Gasteiger partial charge on any atom is -0.497 e. The topological polar surface area (TPSA) is 42.5 Å². The van der Waals surface area contributed by atoms with Crippen LogP contribution in [0, 0.1) is 6.92 Å². The summed E-state index contributed by atoms with van der Waals surface area (Å²) >= 11 is 11.5. The molecule has 2 N–H and O–H groups in total. The normalized spacial score (nSPS) is 11.5. The average molecular weight is 365 g/mol. The summed E-state index contributed by atoms with van der Waals surface area (Å²) in [6.45, 7) is 3.97. The number of halogens is 1. The van der Waals surface area contributed by atoms with Crippen LogP contribution in [-0.4, -0.2) is 19.3 Å². The fraction of sp³-hybridized carbons (Fsp3) is 0.278. The predicted octanol–water partition coefficient (Wildman–Crippen LogP) is 4.71. The average Bonchev–Trinajstić information content (AvgIpc) is 2.57. The zero-order valence-corrected chi connectivity index (χ0v) is 15.7. The Balaban J connectivity index is 2.09. The highest BCUT2D eigenvalue weighted by Gasteiger charge is 2.14. The van der Waals surface area contributed by atoms with E-state index in [1.807, 2.05) is 50.2 Å². The number of hydrogen-bond acceptors (Lipinski definition) is 3. The molecule has 6 heteroatoms. The Labute approximate surface area is 153 Å². The van der Waals surface area contributed by atoms with Crippen molar-refractivity contribution in [3.63, 3.8) is 0 Å². The molecule has 0 amide bonds. The van der Waals surface area contributed by atoms with E-state index in [-0.39, 0.29) is 6.04 Å². The number of aryl methyl sites for hydroxylation is 1. The van der Waals surface area contributed by atoms with E-state index in [9.17, 15) is 0 Å². The number of benzene rings is 2. The number of ether oxygens (including phenoxy) is 2. The van der Waals surface area contributed by atoms with E-state index in [1.165, 1.54) is 0 Å². The smallest absolute Gasteiger partial charge is 0.171 e. The summed E-state index contributed by atoms with van der Waals surface area (Å²) in [4.78, 5) is 0. The van der Waals surface area contributed by atoms with E-state index in [1.54, 1.807) is 14.2 Å². The lowest BCUT2D eigenvalue weighted by Gasteiger charge is -2.20. The Kier molecular flexibility index (Phi) is 6.29. The summed E-state index contributed by atoms with van der Waals surface area (Å²) < 4.78 is 10.7. The summed E-state index contributed by atoms with van der Waals surface area (Å²) in [6, 6.07) is 11.3. The summed E-state index contributed by atoms with van der Waals surface area (Å²) in [5, 5.41) is 7.59. The predicted molar refractivity (Wildman–Crippen MR) is 104 cm³/mol. The molecule has 0 aromatic heterocycles. The Morgan fingerprint density at radius 1 is 1.12 bits per heavy atom. The SMILES string of the molecule is COc1ccc(OC)c(C(C)NC(=S)Nc2ccc(C)c(Cl)c2)c1. The van der Waals surface area contributed by atoms with Gasteiger partial charge in [0.25, 0.3) is 0 Å². The molecule has 1 atom stereocenters. The molecule has 0 aliphatic rings. The van der Waals surface area contributed by atoms with Gasteiger partial charge in [0.1, 0.15) is 11.5 Å². The molecule has 0 saturated carbocycles. The van der Waals surface area contributed by atoms with Crippen LogP contribution in [0.5, 0.6) is 11.5 Å². The number of hydrogen-bond donors (Lipinski definition) is 2. The Hall–Kier alpha value is -1.98. The van der Waals surface area contributed by atoms with E-state index in [0.29, 0.717) is 10.1 Å². The summed E-state index contributed by atoms with van der Waals surface area (Å²) in [5.41, 5.74) is 2.83. The van der Waals surface area contributed by atoms with Gasteiger partial charge in [0.2, 0.25) is 0 Å². The van der Waals surface area contributed by atoms with Gasteiger partial charge in [-0.25, -0.2) is 0 Å². The minimum atomic E-state index is -0.0593. The Morgan fingerprint density at radius 3 is 2.50 bits per heavy atom. The third-order valence-electron chi connectivity index (χ3n) is 3.68. The second-order valence-electron chi connectivity index (χ2n) is 5.39. The van der Waals surface area contributed by atoms with Crippen molar-refractivity contribution in [3.8, 4) is 11.5 Å². The molecular formula is C18H21ClN2O2S. The van der Waals surface area contributed by atoms with Crippen molar-refractivity contribution >= 4 is 34.6 Å². The van der Waals surface area contributed by atoms with Crippen molar-refractivity contribution in [1.82, 2.24) is 5.32 Å². The van der Waals surface area contributed by atoms with Gasteiger partial charge in [0.05, 0.1) is 20.3 Å². The van der Waals surface area contributed by atoms with E-state index in [4.69, 9.17) is 33.3 Å². The van der Waals surface area contributed by atoms with Crippen molar-refractivity contribution in [3.05, 3.63) is 52.5 Å². The Bertz CT molecular complexity index is 737. The number of anilines is 1. The van der Waals surface area contributed by atoms with Gasteiger partial charge in [-0.15, -0.1) is 0 Å². The third-order valence-corrected chi connectivity index (χ3v) is 4.31. The van der Waals surface area contributed by atoms with Crippen LogP contribution in [0.2, 0.25) is 5.02 Å². The first-order valence-electron chi connectivity index (χ1n) is 7.50. The fourth-order valence-corrected chi connectivity index (χ4v) is 2.77. The van der Waals surface area contributed by atoms with Crippen LogP contribution in [0.1, 0.15) is 24.1 Å². The molecule has 24 heavy (non-hydrogen) atoms. The lowest BCUT2D eigenvalue weighted by atomic mass is 10.1. The van der Waals surface area contributed by atoms with Crippen molar-refractivity contribution < 1.29 is 9.47 Å². The molecular weight excluding hydrogens is 344 g/mol. The lowest BCUT2D eigenvalue weighted by Crippen LogP contribution is -2.31. The first-order valence-corrected chi connectivity index (χ1v) is 8.28. The van der Waals surface area contributed by atoms with Crippen molar-refractivity contribution in [2.24, 2.45) is 0 Å². The third kappa shape index (κ3) is 4.52. The van der Waals surface area contributed by atoms with Crippen molar-refractivity contribution in [1.29, 1.82) is 0 Å². The van der Waals surface area contributed by atoms with E-state index in [0.717, 1.165) is 28.3 Å². The molecule has 0 aliphatic carbocycles. The van der Waals surface area contributed by atoms with Crippen LogP contribution in [0.4, 0.5) is 5.69 Å². The van der Waals surface area contributed by atoms with Gasteiger partial charge in [-0.1, -0.05) is 17.7 Å². The molecule has 2 aromatic carbocycles. The number of nitrogens with one attached hydrogen (secondary N) is 2. The van der Waals surface area contributed by atoms with Gasteiger partial charge in [-0.2, -0.15) is 0 Å². The number of methoxy groups -OCH3 is 2. The first kappa shape index (κ1) is 18.4. The van der Waals surface area contributed by atoms with Gasteiger partial charge in [0.15, 0.2) is 5.11 Å². The molecule has 0 heterocycles. The van der Waals surface area contributed by atoms with Crippen molar-refractivity contribution in [2.75, 3.05) is 19.5 Å². The monoisotopic (exact) mass is 364 g/mol. The molecule has 0 saturated heterocycles. The molecule has 128 valence electrons. The van der Waals surface area contributed by atoms with Gasteiger partial charge >= 0.3 is 0 Å². The zero-order valence-electron chi connectivity index (χ0n) is 14.1. The second kappa shape index (κ2) is 8.22. The van der Waals surface area contributed by atoms with Gasteiger partial charge in [-0.3, -0.25) is 0 Å². The van der Waals surface area contributed by atoms with E-state index >= 15 is 0 Å². The summed E-state index contributed by atoms with van der Waals surface area (Å²) in [6.07, 6.45) is 0. The molecule has 2 rings (SSSR count). The molecule has 0 aliphatic heterocycles. The maximum absolute atomic E-state index is 6.14. The molecule has 0 spiro atoms. The largest absolute Gasteiger partial charge is 0.497 e. The van der Waals surface area contributed by atoms with Crippen molar-refractivity contribution in [2.45, 2.75) is 19.9 Å². The van der Waals surface area contributed by atoms with Crippen LogP contribution in [0.3, 0.4) is 0 Å². The molecule has 0 radical (unpaired) electrons. The highest BCUT2D eigenvalue weighted by Crippen LogP contribution is 2.29. The highest BCUT2D eigenvalue weighted by molar-refractivity contribution is 7.80. The maximum atomic E-state index is 6.14. The number of rotatable bonds is 5. The van der Waals surface area contributed by atoms with Gasteiger partial charge < -0.3 is 20.1 Å². The minimum absolute atomic E-state index is 0.0593. The van der Waals surface area contributed by atoms with Crippen LogP contribution in [0.25, 0.3) is 0 Å². The molecule has 2 aromatic rings. The fourth-order valence-electron chi connectivity index (χ4n) is 2.29. The van der Waals surface area contributed by atoms with Crippen LogP contribution in [-0.2, 0) is 0 Å². The van der Waals surface area contributed by atoms with Crippen LogP contribution < -0.4 is 20.1 Å². The lowest BCUT2D eigenvalue weighted by molar-refractivity contribution is 0.395. The van der Waals surface area contributed by atoms with Crippen LogP contribution in [0.15, 0.2) is 36.4 Å². The summed E-state index contributed by atoms with van der Waals surface area (Å²) in [7, 11) is 3.28. The highest BCUT2D eigenvalue weighted by atomic mass is 35.5. The quantitative estimate of drug-likeness (QED) is 0.752. The standard InChI is InChI=1S/C18H21ClN2O2S/c1-11-5-6-13(9-16(11)19)21-18(24)20-12(2)15-10-14(22-3)7-8-17(15)23-4/h5-10,12H,1-4H3,(H2,20,21,24). The first-order chi connectivity index (χ1) is 11.4. The van der Waals surface area contributed by atoms with E-state index < -0.39 is 0 Å². The Morgan fingerprint density at radius 2 is 1.88 bits per heavy atom. The van der Waals surface area contributed by atoms with Crippen LogP contribution >= 0.6 is 23.8 Å². The second-order valence-corrected chi connectivity index (χ2v) is 6.21.